The summed E-state index contributed by atoms with van der Waals surface area (Å²) in [6.07, 6.45) is 10.8. The lowest BCUT2D eigenvalue weighted by atomic mass is 9.87. The predicted octanol–water partition coefficient (Wildman–Crippen LogP) is 3.51. The Balaban J connectivity index is 1.51. The fourth-order valence-electron chi connectivity index (χ4n) is 4.65. The summed E-state index contributed by atoms with van der Waals surface area (Å²) in [4.78, 5) is 29.2. The first-order valence-corrected chi connectivity index (χ1v) is 11.5. The van der Waals surface area contributed by atoms with Crippen LogP contribution in [0.3, 0.4) is 0 Å². The maximum absolute atomic E-state index is 13.2. The zero-order chi connectivity index (χ0) is 20.1. The number of carbonyl (C=O) groups is 2. The number of likely N-dealkylation sites (tertiary alicyclic amines) is 1. The third-order valence-electron chi connectivity index (χ3n) is 6.76. The summed E-state index contributed by atoms with van der Waals surface area (Å²) in [5, 5.41) is 11.6. The van der Waals surface area contributed by atoms with E-state index in [1.807, 2.05) is 4.90 Å². The summed E-state index contributed by atoms with van der Waals surface area (Å²) < 4.78 is 0. The maximum Gasteiger partial charge on any atom is 0.255 e. The van der Waals surface area contributed by atoms with Crippen LogP contribution in [-0.4, -0.2) is 52.7 Å². The van der Waals surface area contributed by atoms with E-state index in [-0.39, 0.29) is 11.9 Å². The van der Waals surface area contributed by atoms with Crippen molar-refractivity contribution >= 4 is 17.8 Å². The molecule has 0 radical (unpaired) electrons. The van der Waals surface area contributed by atoms with E-state index in [1.54, 1.807) is 4.90 Å². The minimum Gasteiger partial charge on any atom is -0.342 e. The molecule has 0 bridgehead atoms. The van der Waals surface area contributed by atoms with Crippen molar-refractivity contribution in [2.24, 2.45) is 11.8 Å². The fraction of sp³-hybridized carbons (Fsp3) is 0.864. The Morgan fingerprint density at radius 2 is 1.82 bits per heavy atom. The van der Waals surface area contributed by atoms with Gasteiger partial charge in [-0.3, -0.25) is 19.9 Å². The third-order valence-corrected chi connectivity index (χ3v) is 6.76. The van der Waals surface area contributed by atoms with Crippen LogP contribution in [0.2, 0.25) is 0 Å². The quantitative estimate of drug-likeness (QED) is 0.567. The Morgan fingerprint density at radius 1 is 1.14 bits per heavy atom. The molecule has 1 saturated carbocycles. The number of nitrogens with one attached hydrogen (secondary N) is 2. The molecular weight excluding hydrogens is 352 g/mol. The molecule has 158 valence electrons. The molecule has 6 heteroatoms. The van der Waals surface area contributed by atoms with Gasteiger partial charge in [-0.1, -0.05) is 39.5 Å². The molecule has 0 aromatic heterocycles. The zero-order valence-electron chi connectivity index (χ0n) is 17.8. The highest BCUT2D eigenvalue weighted by molar-refractivity contribution is 6.07. The lowest BCUT2D eigenvalue weighted by Crippen LogP contribution is -2.47. The average Bonchev–Trinajstić information content (AvgIpc) is 3.30. The number of guanidine groups is 1. The van der Waals surface area contributed by atoms with E-state index in [1.165, 1.54) is 12.8 Å². The van der Waals surface area contributed by atoms with Gasteiger partial charge in [0.1, 0.15) is 5.54 Å². The van der Waals surface area contributed by atoms with Crippen molar-refractivity contribution in [2.45, 2.75) is 90.0 Å². The van der Waals surface area contributed by atoms with Gasteiger partial charge in [0.2, 0.25) is 5.91 Å². The van der Waals surface area contributed by atoms with Crippen molar-refractivity contribution in [3.63, 3.8) is 0 Å². The smallest absolute Gasteiger partial charge is 0.255 e. The highest BCUT2D eigenvalue weighted by atomic mass is 16.2. The van der Waals surface area contributed by atoms with Crippen LogP contribution in [0.4, 0.5) is 0 Å². The van der Waals surface area contributed by atoms with Gasteiger partial charge < -0.3 is 10.2 Å². The van der Waals surface area contributed by atoms with Crippen LogP contribution in [0.1, 0.15) is 84.5 Å². The first-order valence-electron chi connectivity index (χ1n) is 11.5. The summed E-state index contributed by atoms with van der Waals surface area (Å²) in [6, 6.07) is 0. The third kappa shape index (κ3) is 4.87. The molecule has 1 atom stereocenters. The minimum absolute atomic E-state index is 0.0964. The van der Waals surface area contributed by atoms with Crippen LogP contribution >= 0.6 is 0 Å². The van der Waals surface area contributed by atoms with Gasteiger partial charge in [-0.15, -0.1) is 0 Å². The SMILES string of the molecule is CCCCC1(CCCC)NC(=N)N(CCC2CCN(C(=O)CC3CC3)C2)C1=O. The fourth-order valence-corrected chi connectivity index (χ4v) is 4.65. The minimum atomic E-state index is -0.564. The van der Waals surface area contributed by atoms with Crippen molar-refractivity contribution in [1.29, 1.82) is 5.41 Å². The summed E-state index contributed by atoms with van der Waals surface area (Å²) in [5.74, 6) is 1.77. The van der Waals surface area contributed by atoms with Gasteiger partial charge >= 0.3 is 0 Å². The Labute approximate surface area is 169 Å². The van der Waals surface area contributed by atoms with Gasteiger partial charge in [0.05, 0.1) is 0 Å². The van der Waals surface area contributed by atoms with E-state index < -0.39 is 5.54 Å². The van der Waals surface area contributed by atoms with E-state index in [4.69, 9.17) is 5.41 Å². The molecule has 3 aliphatic rings. The number of unbranched alkanes of at least 4 members (excludes halogenated alkanes) is 2. The molecule has 3 rings (SSSR count). The molecule has 2 amide bonds. The second-order valence-corrected chi connectivity index (χ2v) is 9.15. The van der Waals surface area contributed by atoms with E-state index in [2.05, 4.69) is 19.2 Å². The van der Waals surface area contributed by atoms with Gasteiger partial charge in [-0.25, -0.2) is 0 Å². The van der Waals surface area contributed by atoms with E-state index in [0.717, 1.165) is 70.9 Å². The summed E-state index contributed by atoms with van der Waals surface area (Å²) >= 11 is 0. The Morgan fingerprint density at radius 3 is 2.43 bits per heavy atom. The van der Waals surface area contributed by atoms with Crippen LogP contribution in [0, 0.1) is 17.2 Å². The van der Waals surface area contributed by atoms with Gasteiger partial charge in [0.15, 0.2) is 5.96 Å². The van der Waals surface area contributed by atoms with Crippen LogP contribution in [0.15, 0.2) is 0 Å². The summed E-state index contributed by atoms with van der Waals surface area (Å²) in [7, 11) is 0. The number of amides is 2. The largest absolute Gasteiger partial charge is 0.342 e. The molecule has 2 heterocycles. The Bertz CT molecular complexity index is 579. The Hall–Kier alpha value is -1.59. The number of carbonyl (C=O) groups excluding carboxylic acids is 2. The van der Waals surface area contributed by atoms with Crippen molar-refractivity contribution in [3.05, 3.63) is 0 Å². The first kappa shape index (κ1) is 21.1. The van der Waals surface area contributed by atoms with Crippen molar-refractivity contribution < 1.29 is 9.59 Å². The average molecular weight is 391 g/mol. The number of rotatable bonds is 11. The van der Waals surface area contributed by atoms with Gasteiger partial charge in [0, 0.05) is 26.1 Å². The van der Waals surface area contributed by atoms with Gasteiger partial charge in [-0.05, 0) is 50.4 Å². The second-order valence-electron chi connectivity index (χ2n) is 9.15. The highest BCUT2D eigenvalue weighted by Crippen LogP contribution is 2.34. The van der Waals surface area contributed by atoms with Gasteiger partial charge in [0.25, 0.3) is 5.91 Å². The molecule has 3 fully saturated rings. The lowest BCUT2D eigenvalue weighted by Gasteiger charge is -2.27. The topological polar surface area (TPSA) is 76.5 Å². The molecule has 0 spiro atoms. The predicted molar refractivity (Wildman–Crippen MR) is 111 cm³/mol. The van der Waals surface area contributed by atoms with Crippen molar-refractivity contribution in [1.82, 2.24) is 15.1 Å². The van der Waals surface area contributed by atoms with Crippen LogP contribution in [-0.2, 0) is 9.59 Å². The molecule has 0 aromatic rings. The standard InChI is InChI=1S/C22H38N4O2/c1-3-5-11-22(12-6-4-2)20(28)26(21(23)24-22)14-10-18-9-13-25(16-18)19(27)15-17-7-8-17/h17-18H,3-16H2,1-2H3,(H2,23,24). The van der Waals surface area contributed by atoms with E-state index in [9.17, 15) is 9.59 Å². The number of nitrogens with zero attached hydrogens (tertiary/aromatic N) is 2. The molecule has 0 aromatic carbocycles. The molecule has 28 heavy (non-hydrogen) atoms. The van der Waals surface area contributed by atoms with Crippen molar-refractivity contribution in [3.8, 4) is 0 Å². The van der Waals surface area contributed by atoms with Crippen LogP contribution in [0.5, 0.6) is 0 Å². The second kappa shape index (κ2) is 9.27. The summed E-state index contributed by atoms with van der Waals surface area (Å²) in [5.41, 5.74) is -0.564. The zero-order valence-corrected chi connectivity index (χ0v) is 17.8. The van der Waals surface area contributed by atoms with E-state index in [0.29, 0.717) is 24.3 Å². The molecule has 1 aliphatic carbocycles. The van der Waals surface area contributed by atoms with Crippen LogP contribution < -0.4 is 5.32 Å². The summed E-state index contributed by atoms with van der Waals surface area (Å²) in [6.45, 7) is 6.57. The highest BCUT2D eigenvalue weighted by Gasteiger charge is 2.48. The molecule has 2 saturated heterocycles. The molecular formula is C22H38N4O2. The molecule has 2 aliphatic heterocycles. The first-order chi connectivity index (χ1) is 13.5. The normalized spacial score (nSPS) is 24.1. The number of hydrogen-bond donors (Lipinski definition) is 2. The Kier molecular flexibility index (Phi) is 7.00. The number of hydrogen-bond acceptors (Lipinski definition) is 3. The van der Waals surface area contributed by atoms with Crippen molar-refractivity contribution in [2.75, 3.05) is 19.6 Å². The van der Waals surface area contributed by atoms with Gasteiger partial charge in [-0.2, -0.15) is 0 Å². The van der Waals surface area contributed by atoms with E-state index >= 15 is 0 Å². The molecule has 2 N–H and O–H groups in total. The molecule has 1 unspecified atom stereocenters. The maximum atomic E-state index is 13.2. The monoisotopic (exact) mass is 390 g/mol. The lowest BCUT2D eigenvalue weighted by molar-refractivity contribution is -0.132. The molecule has 6 nitrogen and oxygen atoms in total. The van der Waals surface area contributed by atoms with Crippen LogP contribution in [0.25, 0.3) is 0 Å².